The highest BCUT2D eigenvalue weighted by atomic mass is 16.5. The van der Waals surface area contributed by atoms with E-state index >= 15 is 0 Å². The summed E-state index contributed by atoms with van der Waals surface area (Å²) < 4.78 is 4.80. The van der Waals surface area contributed by atoms with Gasteiger partial charge in [-0.05, 0) is 18.6 Å². The number of amides is 2. The molecule has 2 amide bonds. The molecule has 1 rings (SSSR count). The number of carbonyl (C=O) groups excluding carboxylic acids is 1. The number of carboxylic acids is 1. The summed E-state index contributed by atoms with van der Waals surface area (Å²) in [7, 11) is 1.48. The van der Waals surface area contributed by atoms with Crippen molar-refractivity contribution >= 4 is 12.0 Å². The first-order valence-corrected chi connectivity index (χ1v) is 6.20. The first-order chi connectivity index (χ1) is 9.52. The fourth-order valence-corrected chi connectivity index (χ4v) is 1.49. The maximum Gasteiger partial charge on any atom is 0.326 e. The van der Waals surface area contributed by atoms with Gasteiger partial charge in [0.05, 0.1) is 0 Å². The number of aromatic nitrogens is 1. The van der Waals surface area contributed by atoms with Crippen LogP contribution in [0.1, 0.15) is 17.7 Å². The quantitative estimate of drug-likeness (QED) is 0.682. The Bertz CT molecular complexity index is 447. The molecule has 1 atom stereocenters. The van der Waals surface area contributed by atoms with Crippen LogP contribution in [-0.4, -0.2) is 41.8 Å². The third-order valence-electron chi connectivity index (χ3n) is 2.64. The van der Waals surface area contributed by atoms with Crippen LogP contribution in [0.2, 0.25) is 0 Å². The third kappa shape index (κ3) is 5.66. The molecule has 1 unspecified atom stereocenters. The van der Waals surface area contributed by atoms with Crippen LogP contribution in [0, 0.1) is 6.92 Å². The lowest BCUT2D eigenvalue weighted by molar-refractivity contribution is -0.139. The van der Waals surface area contributed by atoms with E-state index in [4.69, 9.17) is 9.84 Å². The van der Waals surface area contributed by atoms with Crippen molar-refractivity contribution in [3.05, 3.63) is 29.6 Å². The molecule has 0 bridgehead atoms. The van der Waals surface area contributed by atoms with Crippen molar-refractivity contribution in [2.75, 3.05) is 13.7 Å². The van der Waals surface area contributed by atoms with Crippen molar-refractivity contribution < 1.29 is 19.4 Å². The van der Waals surface area contributed by atoms with Crippen LogP contribution in [0.5, 0.6) is 0 Å². The van der Waals surface area contributed by atoms with Gasteiger partial charge < -0.3 is 20.5 Å². The summed E-state index contributed by atoms with van der Waals surface area (Å²) in [5.41, 5.74) is 1.73. The van der Waals surface area contributed by atoms with E-state index in [1.165, 1.54) is 7.11 Å². The predicted octanol–water partition coefficient (Wildman–Crippen LogP) is 0.679. The van der Waals surface area contributed by atoms with Gasteiger partial charge in [0.2, 0.25) is 0 Å². The van der Waals surface area contributed by atoms with E-state index in [9.17, 15) is 9.59 Å². The van der Waals surface area contributed by atoms with E-state index in [1.807, 2.05) is 19.1 Å². The first-order valence-electron chi connectivity index (χ1n) is 6.20. The number of methoxy groups -OCH3 is 1. The van der Waals surface area contributed by atoms with Crippen molar-refractivity contribution in [3.8, 4) is 0 Å². The molecule has 7 nitrogen and oxygen atoms in total. The average Bonchev–Trinajstić information content (AvgIpc) is 2.42. The molecule has 0 saturated carbocycles. The van der Waals surface area contributed by atoms with Gasteiger partial charge in [-0.2, -0.15) is 0 Å². The standard InChI is InChI=1S/C13H19N3O4/c1-9-3-4-10(7-14-9)8-15-13(19)16-11(12(17)18)5-6-20-2/h3-4,7,11H,5-6,8H2,1-2H3,(H,17,18)(H2,15,16,19). The number of ether oxygens (including phenoxy) is 1. The highest BCUT2D eigenvalue weighted by molar-refractivity contribution is 5.82. The molecule has 7 heteroatoms. The van der Waals surface area contributed by atoms with Gasteiger partial charge in [0.25, 0.3) is 0 Å². The zero-order valence-electron chi connectivity index (χ0n) is 11.5. The lowest BCUT2D eigenvalue weighted by Crippen LogP contribution is -2.46. The second-order valence-corrected chi connectivity index (χ2v) is 4.31. The van der Waals surface area contributed by atoms with Crippen LogP contribution in [-0.2, 0) is 16.1 Å². The molecule has 0 aromatic carbocycles. The Morgan fingerprint density at radius 2 is 2.20 bits per heavy atom. The molecule has 1 aromatic rings. The minimum atomic E-state index is -1.09. The summed E-state index contributed by atoms with van der Waals surface area (Å²) in [6.07, 6.45) is 1.88. The van der Waals surface area contributed by atoms with Crippen molar-refractivity contribution in [3.63, 3.8) is 0 Å². The van der Waals surface area contributed by atoms with Gasteiger partial charge in [-0.25, -0.2) is 9.59 Å². The zero-order chi connectivity index (χ0) is 15.0. The molecule has 0 saturated heterocycles. The molecular weight excluding hydrogens is 262 g/mol. The molecule has 0 spiro atoms. The smallest absolute Gasteiger partial charge is 0.326 e. The summed E-state index contributed by atoms with van der Waals surface area (Å²) in [6.45, 7) is 2.42. The van der Waals surface area contributed by atoms with Gasteiger partial charge >= 0.3 is 12.0 Å². The molecule has 3 N–H and O–H groups in total. The highest BCUT2D eigenvalue weighted by Gasteiger charge is 2.19. The largest absolute Gasteiger partial charge is 0.480 e. The van der Waals surface area contributed by atoms with Gasteiger partial charge in [-0.1, -0.05) is 6.07 Å². The van der Waals surface area contributed by atoms with Crippen molar-refractivity contribution in [2.24, 2.45) is 0 Å². The van der Waals surface area contributed by atoms with E-state index in [-0.39, 0.29) is 19.6 Å². The summed E-state index contributed by atoms with van der Waals surface area (Å²) in [5.74, 6) is -1.09. The zero-order valence-corrected chi connectivity index (χ0v) is 11.5. The van der Waals surface area contributed by atoms with Crippen LogP contribution in [0.25, 0.3) is 0 Å². The van der Waals surface area contributed by atoms with Crippen LogP contribution >= 0.6 is 0 Å². The summed E-state index contributed by atoms with van der Waals surface area (Å²) in [6, 6.07) is 2.19. The van der Waals surface area contributed by atoms with Crippen LogP contribution in [0.3, 0.4) is 0 Å². The highest BCUT2D eigenvalue weighted by Crippen LogP contribution is 1.99. The number of rotatable bonds is 7. The number of aliphatic carboxylic acids is 1. The second kappa shape index (κ2) is 8.11. The number of carbonyl (C=O) groups is 2. The Morgan fingerprint density at radius 3 is 2.75 bits per heavy atom. The number of urea groups is 1. The fourth-order valence-electron chi connectivity index (χ4n) is 1.49. The molecule has 1 aromatic heterocycles. The monoisotopic (exact) mass is 281 g/mol. The molecule has 0 radical (unpaired) electrons. The molecule has 0 aliphatic carbocycles. The van der Waals surface area contributed by atoms with E-state index in [0.29, 0.717) is 0 Å². The minimum Gasteiger partial charge on any atom is -0.480 e. The number of carboxylic acid groups (broad SMARTS) is 1. The van der Waals surface area contributed by atoms with Crippen LogP contribution in [0.15, 0.2) is 18.3 Å². The number of hydrogen-bond donors (Lipinski definition) is 3. The summed E-state index contributed by atoms with van der Waals surface area (Å²) in [4.78, 5) is 26.7. The first kappa shape index (κ1) is 15.9. The fraction of sp³-hybridized carbons (Fsp3) is 0.462. The molecule has 0 aliphatic heterocycles. The molecule has 0 aliphatic rings. The van der Waals surface area contributed by atoms with Gasteiger partial charge in [0.1, 0.15) is 6.04 Å². The van der Waals surface area contributed by atoms with E-state index in [1.54, 1.807) is 6.20 Å². The maximum atomic E-state index is 11.6. The number of nitrogens with one attached hydrogen (secondary N) is 2. The number of hydrogen-bond acceptors (Lipinski definition) is 4. The topological polar surface area (TPSA) is 101 Å². The molecule has 1 heterocycles. The number of nitrogens with zero attached hydrogens (tertiary/aromatic N) is 1. The molecular formula is C13H19N3O4. The lowest BCUT2D eigenvalue weighted by Gasteiger charge is -2.14. The minimum absolute atomic E-state index is 0.214. The van der Waals surface area contributed by atoms with E-state index < -0.39 is 18.0 Å². The number of aryl methyl sites for hydroxylation is 1. The van der Waals surface area contributed by atoms with E-state index in [0.717, 1.165) is 11.3 Å². The van der Waals surface area contributed by atoms with Crippen molar-refractivity contribution in [1.29, 1.82) is 0 Å². The Labute approximate surface area is 117 Å². The molecule has 0 fully saturated rings. The van der Waals surface area contributed by atoms with Gasteiger partial charge in [0, 0.05) is 38.6 Å². The lowest BCUT2D eigenvalue weighted by atomic mass is 10.2. The Hall–Kier alpha value is -2.15. The van der Waals surface area contributed by atoms with E-state index in [2.05, 4.69) is 15.6 Å². The van der Waals surface area contributed by atoms with Gasteiger partial charge in [-0.3, -0.25) is 4.98 Å². The Balaban J connectivity index is 2.41. The number of pyridine rings is 1. The van der Waals surface area contributed by atoms with Crippen LogP contribution < -0.4 is 10.6 Å². The molecule has 110 valence electrons. The maximum absolute atomic E-state index is 11.6. The second-order valence-electron chi connectivity index (χ2n) is 4.31. The summed E-state index contributed by atoms with van der Waals surface area (Å²) in [5, 5.41) is 13.9. The average molecular weight is 281 g/mol. The molecule has 20 heavy (non-hydrogen) atoms. The normalized spacial score (nSPS) is 11.7. The predicted molar refractivity (Wildman–Crippen MR) is 72.3 cm³/mol. The third-order valence-corrected chi connectivity index (χ3v) is 2.64. The Morgan fingerprint density at radius 1 is 1.45 bits per heavy atom. The van der Waals surface area contributed by atoms with Gasteiger partial charge in [0.15, 0.2) is 0 Å². The van der Waals surface area contributed by atoms with Crippen molar-refractivity contribution in [1.82, 2.24) is 15.6 Å². The van der Waals surface area contributed by atoms with Gasteiger partial charge in [-0.15, -0.1) is 0 Å². The van der Waals surface area contributed by atoms with Crippen LogP contribution in [0.4, 0.5) is 4.79 Å². The van der Waals surface area contributed by atoms with Crippen molar-refractivity contribution in [2.45, 2.75) is 25.9 Å². The Kier molecular flexibility index (Phi) is 6.45. The SMILES string of the molecule is COCCC(NC(=O)NCc1ccc(C)nc1)C(=O)O. The summed E-state index contributed by atoms with van der Waals surface area (Å²) >= 11 is 0.